The molecule has 1 amide bonds. The number of aromatic nitrogens is 2. The molecular weight excluding hydrogens is 553 g/mol. The highest BCUT2D eigenvalue weighted by atomic mass is 35.5. The number of halogens is 2. The third-order valence-corrected chi connectivity index (χ3v) is 7.37. The van der Waals surface area contributed by atoms with Crippen LogP contribution in [0.15, 0.2) is 36.4 Å². The number of β-amino-alcohol motifs (C(OH)–C–C–N with tert-alkyl or cyclic N) is 1. The third-order valence-electron chi connectivity index (χ3n) is 7.37. The summed E-state index contributed by atoms with van der Waals surface area (Å²) in [5.41, 5.74) is 5.79. The zero-order valence-electron chi connectivity index (χ0n) is 24.1. The standard InChI is InChI=1S/C29H39N5O4.2ClH/c1-19-8-7-9-25(20(19)2)33-14-12-32(13-15-33)18-24(35)17-30-29(36)28-21(3)34(22(4)31-28)23-10-11-26(37-5)27(16-23)38-6;;/h7-11,16,24,35H,12-15,17-18H2,1-6H3,(H,30,36);2*1H. The molecule has 0 saturated carbocycles. The SMILES string of the molecule is COc1ccc(-n2c(C)nc(C(=O)NCC(O)CN3CCN(c4cccc(C)c4C)CC3)c2C)cc1OC.Cl.Cl. The summed E-state index contributed by atoms with van der Waals surface area (Å²) in [6.07, 6.45) is -0.666. The van der Waals surface area contributed by atoms with Gasteiger partial charge in [-0.3, -0.25) is 9.69 Å². The van der Waals surface area contributed by atoms with Crippen molar-refractivity contribution in [3.8, 4) is 17.2 Å². The van der Waals surface area contributed by atoms with Gasteiger partial charge in [-0.2, -0.15) is 0 Å². The molecular formula is C29H41Cl2N5O4. The van der Waals surface area contributed by atoms with E-state index >= 15 is 0 Å². The number of ether oxygens (including phenoxy) is 2. The van der Waals surface area contributed by atoms with Crippen molar-refractivity contribution in [3.05, 3.63) is 64.7 Å². The van der Waals surface area contributed by atoms with Gasteiger partial charge in [0.05, 0.1) is 31.7 Å². The first-order valence-corrected chi connectivity index (χ1v) is 13.0. The molecule has 1 aliphatic heterocycles. The van der Waals surface area contributed by atoms with Crippen LogP contribution in [0, 0.1) is 27.7 Å². The topological polar surface area (TPSA) is 92.1 Å². The van der Waals surface area contributed by atoms with Gasteiger partial charge < -0.3 is 29.4 Å². The third kappa shape index (κ3) is 7.20. The molecule has 1 aliphatic rings. The molecule has 1 unspecified atom stereocenters. The van der Waals surface area contributed by atoms with E-state index in [1.54, 1.807) is 14.2 Å². The molecule has 0 radical (unpaired) electrons. The Hall–Kier alpha value is -2.98. The number of carbonyl (C=O) groups is 1. The van der Waals surface area contributed by atoms with E-state index in [-0.39, 0.29) is 37.3 Å². The summed E-state index contributed by atoms with van der Waals surface area (Å²) in [6, 6.07) is 12.0. The molecule has 1 saturated heterocycles. The Kier molecular flexibility index (Phi) is 12.1. The van der Waals surface area contributed by atoms with Crippen molar-refractivity contribution >= 4 is 36.4 Å². The van der Waals surface area contributed by atoms with Crippen molar-refractivity contribution in [2.75, 3.05) is 58.4 Å². The molecule has 1 aromatic heterocycles. The molecule has 4 rings (SSSR count). The molecule has 2 heterocycles. The van der Waals surface area contributed by atoms with Crippen LogP contribution >= 0.6 is 24.8 Å². The summed E-state index contributed by atoms with van der Waals surface area (Å²) in [6.45, 7) is 12.3. The van der Waals surface area contributed by atoms with Crippen LogP contribution in [0.4, 0.5) is 5.69 Å². The number of piperazine rings is 1. The minimum atomic E-state index is -0.666. The van der Waals surface area contributed by atoms with Gasteiger partial charge in [-0.25, -0.2) is 4.98 Å². The smallest absolute Gasteiger partial charge is 0.271 e. The van der Waals surface area contributed by atoms with Gasteiger partial charge >= 0.3 is 0 Å². The maximum Gasteiger partial charge on any atom is 0.271 e. The van der Waals surface area contributed by atoms with Gasteiger partial charge in [-0.1, -0.05) is 12.1 Å². The number of methoxy groups -OCH3 is 2. The fraction of sp³-hybridized carbons (Fsp3) is 0.448. The quantitative estimate of drug-likeness (QED) is 0.389. The van der Waals surface area contributed by atoms with E-state index in [2.05, 4.69) is 52.1 Å². The predicted molar refractivity (Wildman–Crippen MR) is 164 cm³/mol. The van der Waals surface area contributed by atoms with Crippen molar-refractivity contribution in [1.82, 2.24) is 19.8 Å². The van der Waals surface area contributed by atoms with E-state index in [9.17, 15) is 9.90 Å². The number of anilines is 1. The van der Waals surface area contributed by atoms with Crippen molar-refractivity contribution in [2.24, 2.45) is 0 Å². The van der Waals surface area contributed by atoms with Gasteiger partial charge in [-0.15, -0.1) is 24.8 Å². The largest absolute Gasteiger partial charge is 0.493 e. The minimum absolute atomic E-state index is 0. The highest BCUT2D eigenvalue weighted by molar-refractivity contribution is 5.93. The van der Waals surface area contributed by atoms with Gasteiger partial charge in [0.25, 0.3) is 5.91 Å². The summed E-state index contributed by atoms with van der Waals surface area (Å²) in [5, 5.41) is 13.5. The predicted octanol–water partition coefficient (Wildman–Crippen LogP) is 3.88. The molecule has 2 aromatic carbocycles. The van der Waals surface area contributed by atoms with Crippen LogP contribution in [-0.4, -0.2) is 85.1 Å². The van der Waals surface area contributed by atoms with Crippen molar-refractivity contribution in [1.29, 1.82) is 0 Å². The van der Waals surface area contributed by atoms with Gasteiger partial charge in [0.15, 0.2) is 11.5 Å². The zero-order valence-corrected chi connectivity index (χ0v) is 25.7. The Morgan fingerprint density at radius 2 is 1.68 bits per heavy atom. The van der Waals surface area contributed by atoms with Crippen molar-refractivity contribution < 1.29 is 19.4 Å². The van der Waals surface area contributed by atoms with E-state index in [0.29, 0.717) is 35.3 Å². The number of aliphatic hydroxyl groups excluding tert-OH is 1. The van der Waals surface area contributed by atoms with Crippen LogP contribution in [0.25, 0.3) is 5.69 Å². The Labute approximate surface area is 249 Å². The number of imidazole rings is 1. The van der Waals surface area contributed by atoms with E-state index in [0.717, 1.165) is 31.9 Å². The lowest BCUT2D eigenvalue weighted by atomic mass is 10.1. The average Bonchev–Trinajstić information content (AvgIpc) is 3.22. The van der Waals surface area contributed by atoms with Crippen molar-refractivity contribution in [3.63, 3.8) is 0 Å². The fourth-order valence-electron chi connectivity index (χ4n) is 5.11. The van der Waals surface area contributed by atoms with E-state index in [4.69, 9.17) is 9.47 Å². The summed E-state index contributed by atoms with van der Waals surface area (Å²) >= 11 is 0. The van der Waals surface area contributed by atoms with E-state index in [1.807, 2.05) is 36.6 Å². The maximum atomic E-state index is 13.0. The number of rotatable bonds is 9. The van der Waals surface area contributed by atoms with Crippen LogP contribution in [0.2, 0.25) is 0 Å². The number of carbonyl (C=O) groups excluding carboxylic acids is 1. The minimum Gasteiger partial charge on any atom is -0.493 e. The second-order valence-corrected chi connectivity index (χ2v) is 9.84. The number of nitrogens with zero attached hydrogens (tertiary/aromatic N) is 4. The summed E-state index contributed by atoms with van der Waals surface area (Å²) in [5.74, 6) is 1.61. The average molecular weight is 595 g/mol. The molecule has 2 N–H and O–H groups in total. The molecule has 0 aliphatic carbocycles. The number of nitrogens with one attached hydrogen (secondary N) is 1. The molecule has 11 heteroatoms. The Balaban J connectivity index is 0.00000280. The van der Waals surface area contributed by atoms with Crippen LogP contribution in [0.3, 0.4) is 0 Å². The summed E-state index contributed by atoms with van der Waals surface area (Å²) in [7, 11) is 3.18. The van der Waals surface area contributed by atoms with Crippen LogP contribution < -0.4 is 19.7 Å². The Morgan fingerprint density at radius 1 is 1.00 bits per heavy atom. The molecule has 0 spiro atoms. The van der Waals surface area contributed by atoms with Gasteiger partial charge in [0.2, 0.25) is 0 Å². The second-order valence-electron chi connectivity index (χ2n) is 9.84. The Morgan fingerprint density at radius 3 is 2.33 bits per heavy atom. The Bertz CT molecular complexity index is 1290. The molecule has 1 atom stereocenters. The maximum absolute atomic E-state index is 13.0. The summed E-state index contributed by atoms with van der Waals surface area (Å²) < 4.78 is 12.7. The van der Waals surface area contributed by atoms with Gasteiger partial charge in [-0.05, 0) is 57.0 Å². The number of aliphatic hydroxyl groups is 1. The number of hydrogen-bond donors (Lipinski definition) is 2. The van der Waals surface area contributed by atoms with Crippen LogP contribution in [0.1, 0.15) is 33.1 Å². The lowest BCUT2D eigenvalue weighted by Gasteiger charge is -2.37. The van der Waals surface area contributed by atoms with E-state index < -0.39 is 6.10 Å². The first kappa shape index (κ1) is 33.2. The van der Waals surface area contributed by atoms with Gasteiger partial charge in [0, 0.05) is 51.0 Å². The molecule has 0 bridgehead atoms. The normalized spacial score (nSPS) is 14.1. The highest BCUT2D eigenvalue weighted by Gasteiger charge is 2.23. The molecule has 220 valence electrons. The lowest BCUT2D eigenvalue weighted by molar-refractivity contribution is 0.0847. The number of amides is 1. The number of benzene rings is 2. The second kappa shape index (κ2) is 14.6. The first-order chi connectivity index (χ1) is 18.2. The number of aryl methyl sites for hydroxylation is 2. The van der Waals surface area contributed by atoms with Gasteiger partial charge in [0.1, 0.15) is 11.5 Å². The molecule has 3 aromatic rings. The zero-order chi connectivity index (χ0) is 27.4. The van der Waals surface area contributed by atoms with Crippen LogP contribution in [0.5, 0.6) is 11.5 Å². The molecule has 1 fully saturated rings. The fourth-order valence-corrected chi connectivity index (χ4v) is 5.11. The molecule has 9 nitrogen and oxygen atoms in total. The first-order valence-electron chi connectivity index (χ1n) is 13.0. The summed E-state index contributed by atoms with van der Waals surface area (Å²) in [4.78, 5) is 22.1. The monoisotopic (exact) mass is 593 g/mol. The number of hydrogen-bond acceptors (Lipinski definition) is 7. The van der Waals surface area contributed by atoms with Crippen LogP contribution in [-0.2, 0) is 0 Å². The highest BCUT2D eigenvalue weighted by Crippen LogP contribution is 2.30. The molecule has 40 heavy (non-hydrogen) atoms. The van der Waals surface area contributed by atoms with E-state index in [1.165, 1.54) is 16.8 Å². The lowest BCUT2D eigenvalue weighted by Crippen LogP contribution is -2.50. The van der Waals surface area contributed by atoms with Crippen molar-refractivity contribution in [2.45, 2.75) is 33.8 Å².